The van der Waals surface area contributed by atoms with Gasteiger partial charge in [-0.25, -0.2) is 0 Å². The molecule has 0 amide bonds. The van der Waals surface area contributed by atoms with Crippen molar-refractivity contribution in [3.05, 3.63) is 0 Å². The summed E-state index contributed by atoms with van der Waals surface area (Å²) in [7, 11) is 0. The van der Waals surface area contributed by atoms with Gasteiger partial charge in [-0.15, -0.1) is 0 Å². The topological polar surface area (TPSA) is 15.3 Å². The van der Waals surface area contributed by atoms with Crippen LogP contribution in [0.25, 0.3) is 0 Å². The summed E-state index contributed by atoms with van der Waals surface area (Å²) < 4.78 is 0. The first kappa shape index (κ1) is 17.3. The molecule has 1 N–H and O–H groups in total. The molecule has 0 aromatic rings. The monoisotopic (exact) mass is 294 g/mol. The summed E-state index contributed by atoms with van der Waals surface area (Å²) in [5.74, 6) is 0. The van der Waals surface area contributed by atoms with Crippen LogP contribution in [0.1, 0.15) is 90.4 Å². The lowest BCUT2D eigenvalue weighted by molar-refractivity contribution is 0.0980. The molecule has 0 aromatic heterocycles. The lowest BCUT2D eigenvalue weighted by atomic mass is 9.80. The average Bonchev–Trinajstić information content (AvgIpc) is 2.51. The zero-order valence-corrected chi connectivity index (χ0v) is 14.5. The van der Waals surface area contributed by atoms with Crippen LogP contribution in [0, 0.1) is 0 Å². The predicted molar refractivity (Wildman–Crippen MR) is 92.9 cm³/mol. The van der Waals surface area contributed by atoms with Gasteiger partial charge >= 0.3 is 0 Å². The molecule has 0 aromatic carbocycles. The fourth-order valence-corrected chi connectivity index (χ4v) is 4.27. The van der Waals surface area contributed by atoms with Crippen LogP contribution in [0.15, 0.2) is 0 Å². The first-order chi connectivity index (χ1) is 10.3. The second-order valence-corrected chi connectivity index (χ2v) is 7.52. The normalized spacial score (nSPS) is 22.7. The van der Waals surface area contributed by atoms with Gasteiger partial charge in [0.05, 0.1) is 0 Å². The highest BCUT2D eigenvalue weighted by Gasteiger charge is 2.35. The third-order valence-corrected chi connectivity index (χ3v) is 5.59. The molecule has 2 nitrogen and oxygen atoms in total. The Morgan fingerprint density at radius 2 is 1.52 bits per heavy atom. The molecule has 2 rings (SSSR count). The van der Waals surface area contributed by atoms with E-state index in [0.717, 1.165) is 0 Å². The molecule has 0 unspecified atom stereocenters. The van der Waals surface area contributed by atoms with Crippen LogP contribution in [-0.2, 0) is 0 Å². The highest BCUT2D eigenvalue weighted by Crippen LogP contribution is 2.30. The maximum atomic E-state index is 3.85. The molecular formula is C19H38N2. The average molecular weight is 295 g/mol. The van der Waals surface area contributed by atoms with Crippen LogP contribution in [0.2, 0.25) is 0 Å². The third kappa shape index (κ3) is 6.28. The van der Waals surface area contributed by atoms with Crippen molar-refractivity contribution >= 4 is 0 Å². The Bertz CT molecular complexity index is 253. The van der Waals surface area contributed by atoms with Crippen molar-refractivity contribution in [3.8, 4) is 0 Å². The predicted octanol–water partition coefficient (Wildman–Crippen LogP) is 4.74. The Morgan fingerprint density at radius 3 is 2.24 bits per heavy atom. The van der Waals surface area contributed by atoms with E-state index in [2.05, 4.69) is 17.1 Å². The minimum Gasteiger partial charge on any atom is -0.309 e. The lowest BCUT2D eigenvalue weighted by Crippen LogP contribution is -2.61. The van der Waals surface area contributed by atoms with Gasteiger partial charge in [-0.1, -0.05) is 71.1 Å². The molecule has 0 atom stereocenters. The standard InChI is InChI=1S/C19H38N2/c1-2-3-4-5-6-7-8-12-16-21-17-15-20-19(18-21)13-10-9-11-14-19/h20H,2-18H2,1H3. The minimum atomic E-state index is 0.497. The molecule has 124 valence electrons. The summed E-state index contributed by atoms with van der Waals surface area (Å²) in [5, 5.41) is 3.85. The number of piperazine rings is 1. The van der Waals surface area contributed by atoms with Gasteiger partial charge in [-0.3, -0.25) is 0 Å². The molecule has 1 heterocycles. The van der Waals surface area contributed by atoms with Crippen LogP contribution in [0.4, 0.5) is 0 Å². The van der Waals surface area contributed by atoms with Crippen LogP contribution in [0.3, 0.4) is 0 Å². The molecule has 1 aliphatic carbocycles. The Morgan fingerprint density at radius 1 is 0.857 bits per heavy atom. The molecule has 1 spiro atoms. The second-order valence-electron chi connectivity index (χ2n) is 7.52. The summed E-state index contributed by atoms with van der Waals surface area (Å²) >= 11 is 0. The van der Waals surface area contributed by atoms with Gasteiger partial charge in [0.15, 0.2) is 0 Å². The summed E-state index contributed by atoms with van der Waals surface area (Å²) in [6.07, 6.45) is 18.7. The Labute approximate surface area is 133 Å². The van der Waals surface area contributed by atoms with Crippen LogP contribution >= 0.6 is 0 Å². The van der Waals surface area contributed by atoms with E-state index in [-0.39, 0.29) is 0 Å². The molecule has 2 fully saturated rings. The van der Waals surface area contributed by atoms with Gasteiger partial charge in [0.25, 0.3) is 0 Å². The van der Waals surface area contributed by atoms with Crippen LogP contribution in [-0.4, -0.2) is 36.6 Å². The van der Waals surface area contributed by atoms with E-state index in [1.807, 2.05) is 0 Å². The van der Waals surface area contributed by atoms with Gasteiger partial charge in [0.2, 0.25) is 0 Å². The second kappa shape index (κ2) is 9.84. The van der Waals surface area contributed by atoms with Crippen molar-refractivity contribution in [2.24, 2.45) is 0 Å². The van der Waals surface area contributed by atoms with E-state index in [4.69, 9.17) is 0 Å². The molecule has 2 aliphatic rings. The van der Waals surface area contributed by atoms with Gasteiger partial charge in [-0.05, 0) is 25.8 Å². The maximum Gasteiger partial charge on any atom is 0.0309 e. The minimum absolute atomic E-state index is 0.497. The van der Waals surface area contributed by atoms with Gasteiger partial charge in [-0.2, -0.15) is 0 Å². The van der Waals surface area contributed by atoms with Crippen LogP contribution in [0.5, 0.6) is 0 Å². The third-order valence-electron chi connectivity index (χ3n) is 5.59. The summed E-state index contributed by atoms with van der Waals surface area (Å²) in [5.41, 5.74) is 0.497. The number of rotatable bonds is 9. The van der Waals surface area contributed by atoms with Crippen molar-refractivity contribution in [3.63, 3.8) is 0 Å². The Kier molecular flexibility index (Phi) is 8.10. The van der Waals surface area contributed by atoms with E-state index in [0.29, 0.717) is 5.54 Å². The van der Waals surface area contributed by atoms with Crippen molar-refractivity contribution in [2.45, 2.75) is 95.9 Å². The molecule has 2 heteroatoms. The van der Waals surface area contributed by atoms with E-state index in [1.165, 1.54) is 110 Å². The van der Waals surface area contributed by atoms with E-state index in [1.54, 1.807) is 0 Å². The summed E-state index contributed by atoms with van der Waals surface area (Å²) in [6.45, 7) is 7.46. The van der Waals surface area contributed by atoms with Gasteiger partial charge < -0.3 is 10.2 Å². The van der Waals surface area contributed by atoms with Crippen LogP contribution < -0.4 is 5.32 Å². The SMILES string of the molecule is CCCCCCCCCCN1CCNC2(CCCCC2)C1. The zero-order chi connectivity index (χ0) is 14.8. The zero-order valence-electron chi connectivity index (χ0n) is 14.5. The highest BCUT2D eigenvalue weighted by molar-refractivity contribution is 4.96. The quantitative estimate of drug-likeness (QED) is 0.618. The van der Waals surface area contributed by atoms with Gasteiger partial charge in [0, 0.05) is 25.2 Å². The number of hydrogen-bond acceptors (Lipinski definition) is 2. The smallest absolute Gasteiger partial charge is 0.0309 e. The van der Waals surface area contributed by atoms with Crippen molar-refractivity contribution in [2.75, 3.05) is 26.2 Å². The molecular weight excluding hydrogens is 256 g/mol. The molecule has 1 saturated carbocycles. The summed E-state index contributed by atoms with van der Waals surface area (Å²) in [4.78, 5) is 2.75. The molecule has 0 radical (unpaired) electrons. The van der Waals surface area contributed by atoms with Gasteiger partial charge in [0.1, 0.15) is 0 Å². The summed E-state index contributed by atoms with van der Waals surface area (Å²) in [6, 6.07) is 0. The number of unbranched alkanes of at least 4 members (excludes halogenated alkanes) is 7. The molecule has 1 aliphatic heterocycles. The molecule has 1 saturated heterocycles. The molecule has 0 bridgehead atoms. The number of hydrogen-bond donors (Lipinski definition) is 1. The Hall–Kier alpha value is -0.0800. The fourth-order valence-electron chi connectivity index (χ4n) is 4.27. The fraction of sp³-hybridized carbons (Fsp3) is 1.00. The maximum absolute atomic E-state index is 3.85. The van der Waals surface area contributed by atoms with Crippen molar-refractivity contribution in [1.82, 2.24) is 10.2 Å². The van der Waals surface area contributed by atoms with E-state index < -0.39 is 0 Å². The largest absolute Gasteiger partial charge is 0.309 e. The van der Waals surface area contributed by atoms with E-state index >= 15 is 0 Å². The number of nitrogens with one attached hydrogen (secondary N) is 1. The van der Waals surface area contributed by atoms with Crippen molar-refractivity contribution < 1.29 is 0 Å². The highest BCUT2D eigenvalue weighted by atomic mass is 15.2. The molecule has 21 heavy (non-hydrogen) atoms. The van der Waals surface area contributed by atoms with E-state index in [9.17, 15) is 0 Å². The van der Waals surface area contributed by atoms with Crippen molar-refractivity contribution in [1.29, 1.82) is 0 Å². The number of nitrogens with zero attached hydrogens (tertiary/aromatic N) is 1. The first-order valence-electron chi connectivity index (χ1n) is 9.82. The Balaban J connectivity index is 1.52. The lowest BCUT2D eigenvalue weighted by Gasteiger charge is -2.46. The first-order valence-corrected chi connectivity index (χ1v) is 9.82.